The van der Waals surface area contributed by atoms with E-state index in [0.717, 1.165) is 44.9 Å². The average Bonchev–Trinajstić information content (AvgIpc) is 3.13. The van der Waals surface area contributed by atoms with E-state index in [1.165, 1.54) is 5.69 Å². The van der Waals surface area contributed by atoms with Gasteiger partial charge in [0.1, 0.15) is 5.75 Å². The Morgan fingerprint density at radius 2 is 1.88 bits per heavy atom. The molecule has 2 aromatic heterocycles. The third kappa shape index (κ3) is 3.99. The van der Waals surface area contributed by atoms with E-state index in [4.69, 9.17) is 9.47 Å². The van der Waals surface area contributed by atoms with Crippen LogP contribution in [0.2, 0.25) is 0 Å². The molecular weight excluding hydrogens is 314 g/mol. The number of ether oxygens (including phenoxy) is 2. The zero-order chi connectivity index (χ0) is 16.9. The summed E-state index contributed by atoms with van der Waals surface area (Å²) in [6, 6.07) is 10.7. The highest BCUT2D eigenvalue weighted by Crippen LogP contribution is 2.34. The van der Waals surface area contributed by atoms with E-state index in [1.54, 1.807) is 12.4 Å². The van der Waals surface area contributed by atoms with Gasteiger partial charge in [-0.25, -0.2) is 0 Å². The van der Waals surface area contributed by atoms with Crippen LogP contribution in [0.15, 0.2) is 48.9 Å². The topological polar surface area (TPSA) is 47.5 Å². The van der Waals surface area contributed by atoms with Crippen LogP contribution in [0, 0.1) is 5.92 Å². The number of hydrogen-bond donors (Lipinski definition) is 0. The molecule has 0 N–H and O–H groups in total. The predicted octanol–water partition coefficient (Wildman–Crippen LogP) is 2.75. The van der Waals surface area contributed by atoms with Crippen molar-refractivity contribution in [1.82, 2.24) is 14.9 Å². The predicted molar refractivity (Wildman–Crippen MR) is 95.6 cm³/mol. The molecule has 2 aliphatic heterocycles. The highest BCUT2D eigenvalue weighted by molar-refractivity contribution is 5.18. The zero-order valence-corrected chi connectivity index (χ0v) is 14.5. The molecule has 0 saturated carbocycles. The molecule has 2 atom stereocenters. The summed E-state index contributed by atoms with van der Waals surface area (Å²) < 4.78 is 11.6. The molecule has 0 aliphatic carbocycles. The van der Waals surface area contributed by atoms with Crippen molar-refractivity contribution in [3.63, 3.8) is 0 Å². The number of aromatic nitrogens is 2. The van der Waals surface area contributed by atoms with E-state index in [1.807, 2.05) is 24.4 Å². The number of hydrogen-bond acceptors (Lipinski definition) is 5. The first-order valence-electron chi connectivity index (χ1n) is 9.15. The fourth-order valence-electron chi connectivity index (χ4n) is 3.99. The second-order valence-corrected chi connectivity index (χ2v) is 6.91. The minimum Gasteiger partial charge on any atom is -0.493 e. The Morgan fingerprint density at radius 1 is 1.04 bits per heavy atom. The molecule has 2 aliphatic rings. The van der Waals surface area contributed by atoms with Gasteiger partial charge in [-0.05, 0) is 37.1 Å². The van der Waals surface area contributed by atoms with Gasteiger partial charge in [-0.15, -0.1) is 0 Å². The van der Waals surface area contributed by atoms with Crippen LogP contribution >= 0.6 is 0 Å². The van der Waals surface area contributed by atoms with Crippen LogP contribution in [0.25, 0.3) is 0 Å². The monoisotopic (exact) mass is 339 g/mol. The normalized spacial score (nSPS) is 25.1. The van der Waals surface area contributed by atoms with Crippen LogP contribution in [-0.2, 0) is 4.74 Å². The molecule has 0 radical (unpaired) electrons. The summed E-state index contributed by atoms with van der Waals surface area (Å²) in [5, 5.41) is 0. The van der Waals surface area contributed by atoms with Crippen molar-refractivity contribution in [2.75, 3.05) is 32.9 Å². The fourth-order valence-corrected chi connectivity index (χ4v) is 3.99. The first-order chi connectivity index (χ1) is 12.4. The lowest BCUT2D eigenvalue weighted by Gasteiger charge is -2.31. The van der Waals surface area contributed by atoms with Gasteiger partial charge in [0, 0.05) is 68.5 Å². The van der Waals surface area contributed by atoms with Crippen molar-refractivity contribution in [3.8, 4) is 5.75 Å². The van der Waals surface area contributed by atoms with Crippen molar-refractivity contribution < 1.29 is 9.47 Å². The molecule has 132 valence electrons. The summed E-state index contributed by atoms with van der Waals surface area (Å²) in [6.45, 7) is 4.61. The van der Waals surface area contributed by atoms with Crippen LogP contribution in [-0.4, -0.2) is 53.8 Å². The van der Waals surface area contributed by atoms with Gasteiger partial charge in [-0.1, -0.05) is 6.07 Å². The maximum atomic E-state index is 6.06. The van der Waals surface area contributed by atoms with Gasteiger partial charge in [0.2, 0.25) is 0 Å². The van der Waals surface area contributed by atoms with Crippen molar-refractivity contribution >= 4 is 0 Å². The number of pyridine rings is 2. The molecule has 0 bridgehead atoms. The standard InChI is InChI=1S/C20H25N3O2/c1-2-8-22-20(3-1)19-14-23(17-6-11-24-12-7-17)13-16(19)15-25-18-4-9-21-10-5-18/h1-5,8-10,16-17,19H,6-7,11-15H2/t16-,19+/m0/s1. The minimum atomic E-state index is 0.422. The van der Waals surface area contributed by atoms with Gasteiger partial charge < -0.3 is 9.47 Å². The van der Waals surface area contributed by atoms with Crippen molar-refractivity contribution in [1.29, 1.82) is 0 Å². The maximum absolute atomic E-state index is 6.06. The Balaban J connectivity index is 1.47. The molecule has 4 rings (SSSR count). The molecule has 4 heterocycles. The van der Waals surface area contributed by atoms with Gasteiger partial charge in [0.25, 0.3) is 0 Å². The summed E-state index contributed by atoms with van der Waals surface area (Å²) in [7, 11) is 0. The lowest BCUT2D eigenvalue weighted by atomic mass is 9.93. The molecule has 0 aromatic carbocycles. The van der Waals surface area contributed by atoms with E-state index in [2.05, 4.69) is 27.0 Å². The second-order valence-electron chi connectivity index (χ2n) is 6.91. The van der Waals surface area contributed by atoms with Crippen LogP contribution < -0.4 is 4.74 Å². The Morgan fingerprint density at radius 3 is 2.64 bits per heavy atom. The quantitative estimate of drug-likeness (QED) is 0.838. The molecule has 5 nitrogen and oxygen atoms in total. The fraction of sp³-hybridized carbons (Fsp3) is 0.500. The molecule has 0 amide bonds. The molecule has 2 fully saturated rings. The third-order valence-electron chi connectivity index (χ3n) is 5.36. The SMILES string of the molecule is c1ccc([C@@H]2CN(C3CCOCC3)C[C@H]2COc2ccncc2)nc1. The number of rotatable bonds is 5. The molecule has 5 heteroatoms. The minimum absolute atomic E-state index is 0.422. The number of likely N-dealkylation sites (tertiary alicyclic amines) is 1. The summed E-state index contributed by atoms with van der Waals surface area (Å²) >= 11 is 0. The summed E-state index contributed by atoms with van der Waals surface area (Å²) in [5.74, 6) is 1.76. The van der Waals surface area contributed by atoms with Gasteiger partial charge in [0.05, 0.1) is 6.61 Å². The van der Waals surface area contributed by atoms with E-state index in [0.29, 0.717) is 24.5 Å². The Hall–Kier alpha value is -1.98. The second kappa shape index (κ2) is 7.93. The highest BCUT2D eigenvalue weighted by atomic mass is 16.5. The first kappa shape index (κ1) is 16.5. The van der Waals surface area contributed by atoms with E-state index in [-0.39, 0.29) is 0 Å². The molecular formula is C20H25N3O2. The zero-order valence-electron chi connectivity index (χ0n) is 14.5. The lowest BCUT2D eigenvalue weighted by Crippen LogP contribution is -2.38. The Bertz CT molecular complexity index is 647. The van der Waals surface area contributed by atoms with Crippen LogP contribution in [0.3, 0.4) is 0 Å². The summed E-state index contributed by atoms with van der Waals surface area (Å²) in [4.78, 5) is 11.3. The third-order valence-corrected chi connectivity index (χ3v) is 5.36. The molecule has 0 spiro atoms. The van der Waals surface area contributed by atoms with E-state index < -0.39 is 0 Å². The largest absolute Gasteiger partial charge is 0.493 e. The average molecular weight is 339 g/mol. The highest BCUT2D eigenvalue weighted by Gasteiger charge is 2.38. The Labute approximate surface area is 149 Å². The number of nitrogens with zero attached hydrogens (tertiary/aromatic N) is 3. The molecule has 2 saturated heterocycles. The molecule has 0 unspecified atom stereocenters. The van der Waals surface area contributed by atoms with Gasteiger partial charge in [-0.3, -0.25) is 14.9 Å². The van der Waals surface area contributed by atoms with Crippen LogP contribution in [0.4, 0.5) is 0 Å². The van der Waals surface area contributed by atoms with Gasteiger partial charge in [-0.2, -0.15) is 0 Å². The van der Waals surface area contributed by atoms with Gasteiger partial charge in [0.15, 0.2) is 0 Å². The summed E-state index contributed by atoms with van der Waals surface area (Å²) in [6.07, 6.45) is 7.70. The summed E-state index contributed by atoms with van der Waals surface area (Å²) in [5.41, 5.74) is 1.18. The van der Waals surface area contributed by atoms with E-state index >= 15 is 0 Å². The van der Waals surface area contributed by atoms with Crippen molar-refractivity contribution in [2.45, 2.75) is 24.8 Å². The van der Waals surface area contributed by atoms with Crippen LogP contribution in [0.1, 0.15) is 24.5 Å². The Kier molecular flexibility index (Phi) is 5.23. The maximum Gasteiger partial charge on any atom is 0.122 e. The first-order valence-corrected chi connectivity index (χ1v) is 9.15. The molecule has 25 heavy (non-hydrogen) atoms. The van der Waals surface area contributed by atoms with E-state index in [9.17, 15) is 0 Å². The van der Waals surface area contributed by atoms with Crippen molar-refractivity contribution in [2.24, 2.45) is 5.92 Å². The lowest BCUT2D eigenvalue weighted by molar-refractivity contribution is 0.0402. The van der Waals surface area contributed by atoms with Crippen LogP contribution in [0.5, 0.6) is 5.75 Å². The molecule has 2 aromatic rings. The smallest absolute Gasteiger partial charge is 0.122 e. The van der Waals surface area contributed by atoms with Gasteiger partial charge >= 0.3 is 0 Å². The van der Waals surface area contributed by atoms with Crippen molar-refractivity contribution in [3.05, 3.63) is 54.6 Å².